The molecule has 0 fully saturated rings. The minimum Gasteiger partial charge on any atom is -0.452 e. The molecule has 0 aliphatic rings. The second kappa shape index (κ2) is 8.75. The number of amides is 1. The maximum absolute atomic E-state index is 12.0. The third kappa shape index (κ3) is 5.78. The molecule has 1 amide bonds. The number of esters is 1. The summed E-state index contributed by atoms with van der Waals surface area (Å²) in [6.07, 6.45) is 2.80. The molecular weight excluding hydrogens is 348 g/mol. The van der Waals surface area contributed by atoms with Gasteiger partial charge in [-0.2, -0.15) is 0 Å². The first kappa shape index (κ1) is 19.8. The van der Waals surface area contributed by atoms with Crippen molar-refractivity contribution in [1.29, 1.82) is 0 Å². The molecule has 0 heterocycles. The van der Waals surface area contributed by atoms with Crippen LogP contribution < -0.4 is 5.32 Å². The number of nitrogens with zero attached hydrogens (tertiary/aromatic N) is 1. The van der Waals surface area contributed by atoms with Crippen LogP contribution in [0.1, 0.15) is 22.3 Å². The highest BCUT2D eigenvalue weighted by molar-refractivity contribution is 5.96. The number of anilines is 1. The quantitative estimate of drug-likeness (QED) is 0.363. The number of benzene rings is 2. The number of hydrogen-bond donors (Lipinski definition) is 1. The van der Waals surface area contributed by atoms with Gasteiger partial charge in [-0.25, -0.2) is 4.79 Å². The predicted octanol–water partition coefficient (Wildman–Crippen LogP) is 3.72. The molecule has 140 valence electrons. The van der Waals surface area contributed by atoms with Gasteiger partial charge in [0.2, 0.25) is 0 Å². The fourth-order valence-electron chi connectivity index (χ4n) is 2.27. The van der Waals surface area contributed by atoms with E-state index in [1.807, 2.05) is 31.2 Å². The highest BCUT2D eigenvalue weighted by atomic mass is 16.6. The van der Waals surface area contributed by atoms with Crippen LogP contribution >= 0.6 is 0 Å². The van der Waals surface area contributed by atoms with Gasteiger partial charge >= 0.3 is 5.97 Å². The first-order valence-electron chi connectivity index (χ1n) is 8.23. The maximum Gasteiger partial charge on any atom is 0.331 e. The summed E-state index contributed by atoms with van der Waals surface area (Å²) in [6, 6.07) is 10.4. The summed E-state index contributed by atoms with van der Waals surface area (Å²) >= 11 is 0. The third-order valence-electron chi connectivity index (χ3n) is 3.92. The van der Waals surface area contributed by atoms with Crippen molar-refractivity contribution in [2.24, 2.45) is 0 Å². The van der Waals surface area contributed by atoms with E-state index in [1.54, 1.807) is 19.9 Å². The normalized spacial score (nSPS) is 10.6. The van der Waals surface area contributed by atoms with E-state index in [9.17, 15) is 19.7 Å². The van der Waals surface area contributed by atoms with E-state index in [1.165, 1.54) is 18.2 Å². The van der Waals surface area contributed by atoms with Crippen LogP contribution in [0.15, 0.2) is 42.5 Å². The van der Waals surface area contributed by atoms with Gasteiger partial charge in [-0.1, -0.05) is 29.8 Å². The molecule has 0 atom stereocenters. The zero-order valence-corrected chi connectivity index (χ0v) is 15.3. The lowest BCUT2D eigenvalue weighted by atomic mass is 10.1. The van der Waals surface area contributed by atoms with Gasteiger partial charge in [-0.3, -0.25) is 14.9 Å². The van der Waals surface area contributed by atoms with E-state index >= 15 is 0 Å². The van der Waals surface area contributed by atoms with Gasteiger partial charge in [0, 0.05) is 12.1 Å². The zero-order chi connectivity index (χ0) is 20.0. The molecule has 0 aliphatic carbocycles. The molecule has 2 aromatic carbocycles. The molecule has 0 unspecified atom stereocenters. The Morgan fingerprint density at radius 1 is 1.11 bits per heavy atom. The average molecular weight is 368 g/mol. The van der Waals surface area contributed by atoms with Gasteiger partial charge in [0.1, 0.15) is 5.69 Å². The Labute approximate surface area is 156 Å². The monoisotopic (exact) mass is 368 g/mol. The van der Waals surface area contributed by atoms with E-state index in [4.69, 9.17) is 4.74 Å². The molecule has 0 radical (unpaired) electrons. The summed E-state index contributed by atoms with van der Waals surface area (Å²) in [4.78, 5) is 34.2. The van der Waals surface area contributed by atoms with Crippen molar-refractivity contribution in [3.63, 3.8) is 0 Å². The number of carbonyl (C=O) groups excluding carboxylic acids is 2. The van der Waals surface area contributed by atoms with Crippen LogP contribution in [0, 0.1) is 30.9 Å². The van der Waals surface area contributed by atoms with Gasteiger partial charge < -0.3 is 10.1 Å². The molecule has 1 N–H and O–H groups in total. The van der Waals surface area contributed by atoms with Gasteiger partial charge in [0.15, 0.2) is 6.61 Å². The summed E-state index contributed by atoms with van der Waals surface area (Å²) in [5, 5.41) is 13.5. The summed E-state index contributed by atoms with van der Waals surface area (Å²) < 4.78 is 4.87. The smallest absolute Gasteiger partial charge is 0.331 e. The van der Waals surface area contributed by atoms with Crippen LogP contribution in [0.25, 0.3) is 6.08 Å². The lowest BCUT2D eigenvalue weighted by Crippen LogP contribution is -2.20. The predicted molar refractivity (Wildman–Crippen MR) is 102 cm³/mol. The number of rotatable bonds is 6. The summed E-state index contributed by atoms with van der Waals surface area (Å²) in [7, 11) is 0. The fourth-order valence-corrected chi connectivity index (χ4v) is 2.27. The summed E-state index contributed by atoms with van der Waals surface area (Å²) in [5.41, 5.74) is 3.33. The van der Waals surface area contributed by atoms with Crippen LogP contribution in [0.2, 0.25) is 0 Å². The van der Waals surface area contributed by atoms with Crippen molar-refractivity contribution in [2.75, 3.05) is 11.9 Å². The maximum atomic E-state index is 12.0. The second-order valence-electron chi connectivity index (χ2n) is 6.11. The SMILES string of the molecule is Cc1ccc(/C=C/C(=O)OCC(=O)Nc2cc(C)c(C)cc2[N+](=O)[O-])cc1. The fraction of sp³-hybridized carbons (Fsp3) is 0.200. The van der Waals surface area contributed by atoms with Crippen LogP contribution in [0.3, 0.4) is 0 Å². The minimum atomic E-state index is -0.680. The third-order valence-corrected chi connectivity index (χ3v) is 3.92. The number of hydrogen-bond acceptors (Lipinski definition) is 5. The lowest BCUT2D eigenvalue weighted by molar-refractivity contribution is -0.384. The topological polar surface area (TPSA) is 98.5 Å². The molecular formula is C20H20N2O5. The van der Waals surface area contributed by atoms with Gasteiger partial charge in [-0.15, -0.1) is 0 Å². The molecule has 0 spiro atoms. The molecule has 0 aromatic heterocycles. The molecule has 0 saturated heterocycles. The van der Waals surface area contributed by atoms with Crippen molar-refractivity contribution < 1.29 is 19.2 Å². The van der Waals surface area contributed by atoms with Crippen molar-refractivity contribution in [2.45, 2.75) is 20.8 Å². The molecule has 2 aromatic rings. The average Bonchev–Trinajstić information content (AvgIpc) is 2.62. The Morgan fingerprint density at radius 3 is 2.37 bits per heavy atom. The molecule has 0 bridgehead atoms. The van der Waals surface area contributed by atoms with Crippen LogP contribution in [0.4, 0.5) is 11.4 Å². The number of carbonyl (C=O) groups is 2. The summed E-state index contributed by atoms with van der Waals surface area (Å²) in [6.45, 7) is 4.95. The van der Waals surface area contributed by atoms with Crippen molar-refractivity contribution in [3.8, 4) is 0 Å². The zero-order valence-electron chi connectivity index (χ0n) is 15.3. The highest BCUT2D eigenvalue weighted by Crippen LogP contribution is 2.27. The van der Waals surface area contributed by atoms with E-state index in [0.717, 1.165) is 22.3 Å². The van der Waals surface area contributed by atoms with Gasteiger partial charge in [0.25, 0.3) is 11.6 Å². The minimum absolute atomic E-state index is 0.0688. The number of ether oxygens (including phenoxy) is 1. The Morgan fingerprint density at radius 2 is 1.74 bits per heavy atom. The van der Waals surface area contributed by atoms with E-state index in [0.29, 0.717) is 0 Å². The van der Waals surface area contributed by atoms with Gasteiger partial charge in [-0.05, 0) is 49.6 Å². The largest absolute Gasteiger partial charge is 0.452 e. The van der Waals surface area contributed by atoms with Crippen LogP contribution in [-0.2, 0) is 14.3 Å². The highest BCUT2D eigenvalue weighted by Gasteiger charge is 2.18. The Balaban J connectivity index is 1.94. The van der Waals surface area contributed by atoms with E-state index < -0.39 is 23.4 Å². The van der Waals surface area contributed by atoms with Gasteiger partial charge in [0.05, 0.1) is 4.92 Å². The molecule has 7 heteroatoms. The lowest BCUT2D eigenvalue weighted by Gasteiger charge is -2.09. The first-order valence-corrected chi connectivity index (χ1v) is 8.23. The van der Waals surface area contributed by atoms with E-state index in [-0.39, 0.29) is 11.4 Å². The number of nitrogens with one attached hydrogen (secondary N) is 1. The molecule has 2 rings (SSSR count). The molecule has 0 aliphatic heterocycles. The van der Waals surface area contributed by atoms with Crippen LogP contribution in [-0.4, -0.2) is 23.4 Å². The van der Waals surface area contributed by atoms with Crippen LogP contribution in [0.5, 0.6) is 0 Å². The number of nitro benzene ring substituents is 1. The van der Waals surface area contributed by atoms with Crippen molar-refractivity contribution >= 4 is 29.3 Å². The standard InChI is InChI=1S/C20H20N2O5/c1-13-4-6-16(7-5-13)8-9-20(24)27-12-19(23)21-17-10-14(2)15(3)11-18(17)22(25)26/h4-11H,12H2,1-3H3,(H,21,23)/b9-8+. The first-order chi connectivity index (χ1) is 12.8. The Bertz CT molecular complexity index is 901. The van der Waals surface area contributed by atoms with Crippen molar-refractivity contribution in [3.05, 3.63) is 74.8 Å². The molecule has 0 saturated carbocycles. The Kier molecular flexibility index (Phi) is 6.43. The number of aryl methyl sites for hydroxylation is 3. The summed E-state index contributed by atoms with van der Waals surface area (Å²) in [5.74, 6) is -1.33. The Hall–Kier alpha value is -3.48. The molecule has 27 heavy (non-hydrogen) atoms. The second-order valence-corrected chi connectivity index (χ2v) is 6.11. The van der Waals surface area contributed by atoms with E-state index in [2.05, 4.69) is 5.32 Å². The molecule has 7 nitrogen and oxygen atoms in total. The number of nitro groups is 1. The van der Waals surface area contributed by atoms with Crippen molar-refractivity contribution in [1.82, 2.24) is 0 Å².